The van der Waals surface area contributed by atoms with Gasteiger partial charge in [-0.15, -0.1) is 0 Å². The van der Waals surface area contributed by atoms with Crippen LogP contribution in [-0.4, -0.2) is 24.4 Å². The van der Waals surface area contributed by atoms with Gasteiger partial charge in [0.15, 0.2) is 0 Å². The van der Waals surface area contributed by atoms with Crippen molar-refractivity contribution in [2.45, 2.75) is 6.42 Å². The molecule has 0 bridgehead atoms. The van der Waals surface area contributed by atoms with E-state index >= 15 is 0 Å². The number of amides is 1. The molecule has 0 N–H and O–H groups in total. The Bertz CT molecular complexity index is 273. The van der Waals surface area contributed by atoms with Crippen molar-refractivity contribution in [3.05, 3.63) is 11.6 Å². The molecule has 0 aromatic rings. The summed E-state index contributed by atoms with van der Waals surface area (Å²) in [5.74, 6) is -0.140. The molecule has 2 aliphatic heterocycles. The van der Waals surface area contributed by atoms with Gasteiger partial charge in [0.25, 0.3) is 5.91 Å². The molecule has 10 heavy (non-hydrogen) atoms. The number of fused-ring (bicyclic) bond motifs is 1. The maximum absolute atomic E-state index is 10.9. The van der Waals surface area contributed by atoms with Gasteiger partial charge in [-0.1, -0.05) is 6.08 Å². The average Bonchev–Trinajstić information content (AvgIpc) is 2.34. The molecule has 1 amide bonds. The summed E-state index contributed by atoms with van der Waals surface area (Å²) in [5.41, 5.74) is 1.45. The first-order chi connectivity index (χ1) is 4.88. The van der Waals surface area contributed by atoms with E-state index in [2.05, 4.69) is 9.98 Å². The Kier molecular flexibility index (Phi) is 1.03. The first-order valence-corrected chi connectivity index (χ1v) is 3.21. The molecule has 0 saturated carbocycles. The lowest BCUT2D eigenvalue weighted by atomic mass is 10.1. The quantitative estimate of drug-likeness (QED) is 0.472. The molecule has 3 nitrogen and oxygen atoms in total. The van der Waals surface area contributed by atoms with Crippen molar-refractivity contribution in [3.63, 3.8) is 0 Å². The summed E-state index contributed by atoms with van der Waals surface area (Å²) < 4.78 is 0. The van der Waals surface area contributed by atoms with Gasteiger partial charge in [0.2, 0.25) is 0 Å². The van der Waals surface area contributed by atoms with Crippen LogP contribution in [0.15, 0.2) is 21.6 Å². The van der Waals surface area contributed by atoms with E-state index in [1.54, 1.807) is 0 Å². The number of hydrogen-bond donors (Lipinski definition) is 0. The van der Waals surface area contributed by atoms with E-state index in [1.165, 1.54) is 6.21 Å². The Balaban J connectivity index is 2.47. The van der Waals surface area contributed by atoms with Crippen molar-refractivity contribution in [2.75, 3.05) is 6.54 Å². The Labute approximate surface area is 58.2 Å². The normalized spacial score (nSPS) is 22.2. The number of dihydropyridines is 1. The van der Waals surface area contributed by atoms with Crippen molar-refractivity contribution in [3.8, 4) is 0 Å². The van der Waals surface area contributed by atoms with Gasteiger partial charge in [-0.2, -0.15) is 0 Å². The van der Waals surface area contributed by atoms with Crippen molar-refractivity contribution < 1.29 is 4.79 Å². The summed E-state index contributed by atoms with van der Waals surface area (Å²) in [7, 11) is 0. The molecular formula is C7H6N2O. The highest BCUT2D eigenvalue weighted by atomic mass is 16.1. The lowest BCUT2D eigenvalue weighted by Crippen LogP contribution is -2.08. The maximum Gasteiger partial charge on any atom is 0.278 e. The Hall–Kier alpha value is -1.25. The fourth-order valence-electron chi connectivity index (χ4n) is 1.08. The molecule has 0 spiro atoms. The molecule has 0 aromatic carbocycles. The fraction of sp³-hybridized carbons (Fsp3) is 0.286. The second-order valence-corrected chi connectivity index (χ2v) is 2.24. The zero-order valence-electron chi connectivity index (χ0n) is 5.37. The lowest BCUT2D eigenvalue weighted by Gasteiger charge is -2.01. The van der Waals surface area contributed by atoms with Crippen LogP contribution in [0, 0.1) is 0 Å². The number of carbonyl (C=O) groups is 1. The van der Waals surface area contributed by atoms with E-state index in [9.17, 15) is 4.79 Å². The molecule has 2 heterocycles. The third kappa shape index (κ3) is 0.635. The third-order valence-electron chi connectivity index (χ3n) is 1.57. The molecule has 0 radical (unpaired) electrons. The fourth-order valence-corrected chi connectivity index (χ4v) is 1.08. The molecule has 0 aromatic heterocycles. The van der Waals surface area contributed by atoms with E-state index in [0.717, 1.165) is 18.7 Å². The van der Waals surface area contributed by atoms with Crippen LogP contribution < -0.4 is 0 Å². The molecule has 0 saturated heterocycles. The van der Waals surface area contributed by atoms with Crippen molar-refractivity contribution in [1.29, 1.82) is 0 Å². The SMILES string of the molecule is O=C1N=CC2=NCCC=C12. The van der Waals surface area contributed by atoms with E-state index in [0.29, 0.717) is 5.57 Å². The summed E-state index contributed by atoms with van der Waals surface area (Å²) in [6.45, 7) is 0.790. The summed E-state index contributed by atoms with van der Waals surface area (Å²) in [6, 6.07) is 0. The van der Waals surface area contributed by atoms with Crippen LogP contribution in [0.1, 0.15) is 6.42 Å². The number of carbonyl (C=O) groups excluding carboxylic acids is 1. The monoisotopic (exact) mass is 134 g/mol. The summed E-state index contributed by atoms with van der Waals surface area (Å²) in [6.07, 6.45) is 4.30. The molecular weight excluding hydrogens is 128 g/mol. The van der Waals surface area contributed by atoms with Crippen molar-refractivity contribution >= 4 is 17.8 Å². The molecule has 50 valence electrons. The van der Waals surface area contributed by atoms with Crippen LogP contribution in [0.25, 0.3) is 0 Å². The second-order valence-electron chi connectivity index (χ2n) is 2.24. The summed E-state index contributed by atoms with van der Waals surface area (Å²) >= 11 is 0. The highest BCUT2D eigenvalue weighted by molar-refractivity contribution is 6.51. The van der Waals surface area contributed by atoms with Crippen molar-refractivity contribution in [1.82, 2.24) is 0 Å². The minimum Gasteiger partial charge on any atom is -0.283 e. The standard InChI is InChI=1S/C7H6N2O/c10-7-5-2-1-3-8-6(5)4-9-7/h2,4H,1,3H2. The first kappa shape index (κ1) is 5.53. The lowest BCUT2D eigenvalue weighted by molar-refractivity contribution is -0.113. The predicted octanol–water partition coefficient (Wildman–Crippen LogP) is 0.369. The Morgan fingerprint density at radius 3 is 3.20 bits per heavy atom. The third-order valence-corrected chi connectivity index (χ3v) is 1.57. The average molecular weight is 134 g/mol. The van der Waals surface area contributed by atoms with Gasteiger partial charge in [0.1, 0.15) is 0 Å². The molecule has 0 aliphatic carbocycles. The topological polar surface area (TPSA) is 41.8 Å². The van der Waals surface area contributed by atoms with Gasteiger partial charge in [-0.3, -0.25) is 9.79 Å². The van der Waals surface area contributed by atoms with E-state index in [1.807, 2.05) is 6.08 Å². The molecule has 2 aliphatic rings. The molecule has 0 fully saturated rings. The summed E-state index contributed by atoms with van der Waals surface area (Å²) in [4.78, 5) is 18.6. The van der Waals surface area contributed by atoms with Crippen LogP contribution >= 0.6 is 0 Å². The highest BCUT2D eigenvalue weighted by Crippen LogP contribution is 2.12. The van der Waals surface area contributed by atoms with Gasteiger partial charge in [-0.25, -0.2) is 4.99 Å². The first-order valence-electron chi connectivity index (χ1n) is 3.21. The molecule has 3 heteroatoms. The van der Waals surface area contributed by atoms with Crippen LogP contribution in [0.2, 0.25) is 0 Å². The minimum absolute atomic E-state index is 0.140. The van der Waals surface area contributed by atoms with Gasteiger partial charge in [0, 0.05) is 6.54 Å². The van der Waals surface area contributed by atoms with Crippen molar-refractivity contribution in [2.24, 2.45) is 9.98 Å². The number of rotatable bonds is 0. The molecule has 2 rings (SSSR count). The van der Waals surface area contributed by atoms with Gasteiger partial charge >= 0.3 is 0 Å². The Morgan fingerprint density at radius 2 is 2.40 bits per heavy atom. The van der Waals surface area contributed by atoms with E-state index in [4.69, 9.17) is 0 Å². The van der Waals surface area contributed by atoms with Crippen LogP contribution in [0.3, 0.4) is 0 Å². The summed E-state index contributed by atoms with van der Waals surface area (Å²) in [5, 5.41) is 0. The predicted molar refractivity (Wildman–Crippen MR) is 38.5 cm³/mol. The molecule has 0 atom stereocenters. The zero-order chi connectivity index (χ0) is 6.97. The second kappa shape index (κ2) is 1.87. The number of hydrogen-bond acceptors (Lipinski definition) is 2. The van der Waals surface area contributed by atoms with Crippen LogP contribution in [0.5, 0.6) is 0 Å². The van der Waals surface area contributed by atoms with Gasteiger partial charge in [0.05, 0.1) is 17.5 Å². The largest absolute Gasteiger partial charge is 0.283 e. The van der Waals surface area contributed by atoms with E-state index < -0.39 is 0 Å². The van der Waals surface area contributed by atoms with Gasteiger partial charge in [-0.05, 0) is 6.42 Å². The van der Waals surface area contributed by atoms with Crippen LogP contribution in [0.4, 0.5) is 0 Å². The Morgan fingerprint density at radius 1 is 1.50 bits per heavy atom. The van der Waals surface area contributed by atoms with Crippen LogP contribution in [-0.2, 0) is 4.79 Å². The van der Waals surface area contributed by atoms with E-state index in [-0.39, 0.29) is 5.91 Å². The maximum atomic E-state index is 10.9. The highest BCUT2D eigenvalue weighted by Gasteiger charge is 2.20. The number of nitrogens with zero attached hydrogens (tertiary/aromatic N) is 2. The van der Waals surface area contributed by atoms with Gasteiger partial charge < -0.3 is 0 Å². The minimum atomic E-state index is -0.140. The smallest absolute Gasteiger partial charge is 0.278 e. The zero-order valence-corrected chi connectivity index (χ0v) is 5.37. The number of aliphatic imine (C=N–C) groups is 2. The molecule has 0 unspecified atom stereocenters.